The topological polar surface area (TPSA) is 84.5 Å². The Morgan fingerprint density at radius 1 is 0.795 bits per heavy atom. The number of benzene rings is 1. The van der Waals surface area contributed by atoms with Gasteiger partial charge in [-0.05, 0) is 56.4 Å². The van der Waals surface area contributed by atoms with Crippen LogP contribution < -0.4 is 10.1 Å². The molecule has 0 radical (unpaired) electrons. The number of rotatable bonds is 9. The van der Waals surface area contributed by atoms with Gasteiger partial charge in [0.2, 0.25) is 0 Å². The molecule has 2 spiro atoms. The van der Waals surface area contributed by atoms with Crippen LogP contribution >= 0.6 is 0 Å². The van der Waals surface area contributed by atoms with Crippen LogP contribution in [0.3, 0.4) is 0 Å². The van der Waals surface area contributed by atoms with Gasteiger partial charge in [-0.3, -0.25) is 4.79 Å². The summed E-state index contributed by atoms with van der Waals surface area (Å²) in [5.41, 5.74) is 0.691. The molecule has 3 aliphatic heterocycles. The van der Waals surface area contributed by atoms with E-state index in [1.807, 2.05) is 24.3 Å². The Labute approximate surface area is 232 Å². The van der Waals surface area contributed by atoms with Gasteiger partial charge in [-0.25, -0.2) is 0 Å². The number of carbonyl (C=O) groups excluding carboxylic acids is 1. The van der Waals surface area contributed by atoms with Crippen molar-refractivity contribution >= 4 is 11.6 Å². The summed E-state index contributed by atoms with van der Waals surface area (Å²) in [6.45, 7) is 2.93. The Morgan fingerprint density at radius 2 is 1.41 bits per heavy atom. The Morgan fingerprint density at radius 3 is 2.10 bits per heavy atom. The quantitative estimate of drug-likeness (QED) is 0.370. The number of fused-ring (bicyclic) bond motifs is 3. The lowest BCUT2D eigenvalue weighted by molar-refractivity contribution is -0.246. The molecule has 1 N–H and O–H groups in total. The maximum Gasteiger partial charge on any atom is 0.256 e. The summed E-state index contributed by atoms with van der Waals surface area (Å²) in [4.78, 5) is 13.6. The normalized spacial score (nSPS) is 32.6. The third kappa shape index (κ3) is 6.01. The second-order valence-corrected chi connectivity index (χ2v) is 12.0. The van der Waals surface area contributed by atoms with Gasteiger partial charge in [-0.2, -0.15) is 0 Å². The first kappa shape index (κ1) is 27.5. The third-order valence-electron chi connectivity index (χ3n) is 9.01. The molecular formula is C31H45NO7. The second-order valence-electron chi connectivity index (χ2n) is 12.0. The molecule has 3 heterocycles. The summed E-state index contributed by atoms with van der Waals surface area (Å²) in [6, 6.07) is 7.53. The van der Waals surface area contributed by atoms with Crippen molar-refractivity contribution in [3.8, 4) is 5.75 Å². The number of unbranched alkanes of at least 4 members (excludes halogenated alkanes) is 4. The van der Waals surface area contributed by atoms with E-state index in [9.17, 15) is 4.79 Å². The Bertz CT molecular complexity index is 956. The minimum atomic E-state index is -0.848. The summed E-state index contributed by atoms with van der Waals surface area (Å²) in [5.74, 6) is -0.744. The number of hydrogen-bond donors (Lipinski definition) is 1. The summed E-state index contributed by atoms with van der Waals surface area (Å²) in [7, 11) is 0. The van der Waals surface area contributed by atoms with Crippen molar-refractivity contribution in [1.82, 2.24) is 0 Å². The average Bonchev–Trinajstić information content (AvgIpc) is 3.49. The van der Waals surface area contributed by atoms with Crippen LogP contribution in [-0.4, -0.2) is 54.8 Å². The number of anilines is 1. The third-order valence-corrected chi connectivity index (χ3v) is 9.01. The highest BCUT2D eigenvalue weighted by Gasteiger charge is 2.65. The van der Waals surface area contributed by atoms with Crippen molar-refractivity contribution in [2.75, 3.05) is 11.9 Å². The van der Waals surface area contributed by atoms with E-state index in [1.165, 1.54) is 38.5 Å². The molecule has 1 aromatic rings. The molecule has 3 saturated heterocycles. The van der Waals surface area contributed by atoms with Gasteiger partial charge in [0, 0.05) is 31.4 Å². The summed E-state index contributed by atoms with van der Waals surface area (Å²) >= 11 is 0. The summed E-state index contributed by atoms with van der Waals surface area (Å²) < 4.78 is 38.4. The molecule has 6 rings (SSSR count). The van der Waals surface area contributed by atoms with Crippen LogP contribution in [0.4, 0.5) is 5.69 Å². The smallest absolute Gasteiger partial charge is 0.256 e. The van der Waals surface area contributed by atoms with Gasteiger partial charge < -0.3 is 33.7 Å². The minimum absolute atomic E-state index is 0.252. The van der Waals surface area contributed by atoms with Gasteiger partial charge in [0.1, 0.15) is 24.1 Å². The lowest BCUT2D eigenvalue weighted by atomic mass is 9.94. The van der Waals surface area contributed by atoms with Crippen molar-refractivity contribution in [3.05, 3.63) is 24.3 Å². The number of ether oxygens (including phenoxy) is 6. The predicted molar refractivity (Wildman–Crippen MR) is 145 cm³/mol. The van der Waals surface area contributed by atoms with E-state index in [2.05, 4.69) is 12.2 Å². The van der Waals surface area contributed by atoms with Crippen molar-refractivity contribution in [1.29, 1.82) is 0 Å². The molecule has 2 aliphatic carbocycles. The van der Waals surface area contributed by atoms with Crippen LogP contribution in [0.25, 0.3) is 0 Å². The van der Waals surface area contributed by atoms with Crippen molar-refractivity contribution in [2.45, 2.75) is 146 Å². The van der Waals surface area contributed by atoms with Gasteiger partial charge in [-0.1, -0.05) is 45.4 Å². The largest absolute Gasteiger partial charge is 0.494 e. The van der Waals surface area contributed by atoms with Crippen LogP contribution in [-0.2, 0) is 28.5 Å². The van der Waals surface area contributed by atoms with E-state index in [0.29, 0.717) is 12.3 Å². The number of hydrogen-bond acceptors (Lipinski definition) is 7. The monoisotopic (exact) mass is 543 g/mol. The molecule has 5 fully saturated rings. The maximum atomic E-state index is 13.6. The molecule has 5 aliphatic rings. The number of nitrogens with one attached hydrogen (secondary N) is 1. The minimum Gasteiger partial charge on any atom is -0.494 e. The van der Waals surface area contributed by atoms with Crippen LogP contribution in [0.15, 0.2) is 24.3 Å². The molecule has 8 nitrogen and oxygen atoms in total. The standard InChI is InChI=1S/C31H45NO7/c1-2-3-4-5-12-21-34-23-15-13-22(14-16-23)32-28(33)26-24-25(37-30(36-24)17-8-6-9-18-30)27-29(35-26)39-31(38-27)19-10-7-11-20-31/h13-16,24-27,29H,2-12,17-21H2,1H3,(H,32,33)/t24-,25+,26+,27-,29+/m1/s1. The molecule has 5 atom stereocenters. The fraction of sp³-hybridized carbons (Fsp3) is 0.774. The van der Waals surface area contributed by atoms with Crippen LogP contribution in [0.2, 0.25) is 0 Å². The maximum absolute atomic E-state index is 13.6. The van der Waals surface area contributed by atoms with E-state index in [4.69, 9.17) is 28.4 Å². The molecular weight excluding hydrogens is 498 g/mol. The molecule has 8 heteroatoms. The Hall–Kier alpha value is -1.71. The van der Waals surface area contributed by atoms with Gasteiger partial charge >= 0.3 is 0 Å². The molecule has 0 bridgehead atoms. The molecule has 39 heavy (non-hydrogen) atoms. The molecule has 2 saturated carbocycles. The molecule has 0 aromatic heterocycles. The van der Waals surface area contributed by atoms with Crippen LogP contribution in [0.5, 0.6) is 5.75 Å². The lowest BCUT2D eigenvalue weighted by Gasteiger charge is -2.36. The zero-order chi connectivity index (χ0) is 26.7. The van der Waals surface area contributed by atoms with E-state index < -0.39 is 42.3 Å². The molecule has 0 unspecified atom stereocenters. The SMILES string of the molecule is CCCCCCCOc1ccc(NC(=O)[C@H]2O[C@H]3OC4(CCCCC4)O[C@@H]3[C@H]3OC4(CCCCC4)O[C@H]32)cc1. The van der Waals surface area contributed by atoms with E-state index in [-0.39, 0.29) is 5.91 Å². The van der Waals surface area contributed by atoms with Crippen molar-refractivity contribution in [3.63, 3.8) is 0 Å². The van der Waals surface area contributed by atoms with Crippen molar-refractivity contribution < 1.29 is 33.2 Å². The van der Waals surface area contributed by atoms with Gasteiger partial charge in [0.25, 0.3) is 5.91 Å². The molecule has 1 aromatic carbocycles. The van der Waals surface area contributed by atoms with E-state index >= 15 is 0 Å². The zero-order valence-corrected chi connectivity index (χ0v) is 23.4. The summed E-state index contributed by atoms with van der Waals surface area (Å²) in [6.07, 6.45) is 13.2. The van der Waals surface area contributed by atoms with Gasteiger partial charge in [0.15, 0.2) is 24.0 Å². The highest BCUT2D eigenvalue weighted by atomic mass is 16.9. The Kier molecular flexibility index (Phi) is 8.47. The van der Waals surface area contributed by atoms with Crippen molar-refractivity contribution in [2.24, 2.45) is 0 Å². The molecule has 1 amide bonds. The first-order chi connectivity index (χ1) is 19.1. The fourth-order valence-corrected chi connectivity index (χ4v) is 6.91. The number of amides is 1. The zero-order valence-electron chi connectivity index (χ0n) is 23.4. The highest BCUT2D eigenvalue weighted by molar-refractivity contribution is 5.94. The predicted octanol–water partition coefficient (Wildman–Crippen LogP) is 6.22. The van der Waals surface area contributed by atoms with Crippen LogP contribution in [0, 0.1) is 0 Å². The number of carbonyl (C=O) groups is 1. The first-order valence-electron chi connectivity index (χ1n) is 15.5. The van der Waals surface area contributed by atoms with Crippen LogP contribution in [0.1, 0.15) is 103 Å². The van der Waals surface area contributed by atoms with E-state index in [0.717, 1.165) is 63.5 Å². The van der Waals surface area contributed by atoms with Gasteiger partial charge in [-0.15, -0.1) is 0 Å². The Balaban J connectivity index is 1.11. The first-order valence-corrected chi connectivity index (χ1v) is 15.5. The lowest BCUT2D eigenvalue weighted by Crippen LogP contribution is -2.58. The molecule has 216 valence electrons. The fourth-order valence-electron chi connectivity index (χ4n) is 6.91. The summed E-state index contributed by atoms with van der Waals surface area (Å²) in [5, 5.41) is 3.03. The van der Waals surface area contributed by atoms with Gasteiger partial charge in [0.05, 0.1) is 6.61 Å². The van der Waals surface area contributed by atoms with E-state index in [1.54, 1.807) is 0 Å². The highest BCUT2D eigenvalue weighted by Crippen LogP contribution is 2.51. The second kappa shape index (κ2) is 12.0. The average molecular weight is 544 g/mol.